The summed E-state index contributed by atoms with van der Waals surface area (Å²) in [6, 6.07) is 11.1. The van der Waals surface area contributed by atoms with Crippen LogP contribution in [0.1, 0.15) is 19.3 Å². The molecule has 1 N–H and O–H groups in total. The normalized spacial score (nSPS) is 24.0. The van der Waals surface area contributed by atoms with E-state index in [1.165, 1.54) is 11.3 Å². The Morgan fingerprint density at radius 2 is 2.06 bits per heavy atom. The minimum atomic E-state index is 0.181. The zero-order chi connectivity index (χ0) is 11.4. The van der Waals surface area contributed by atoms with Crippen molar-refractivity contribution in [1.29, 1.82) is 5.26 Å². The quantitative estimate of drug-likeness (QED) is 0.810. The molecule has 0 saturated heterocycles. The van der Waals surface area contributed by atoms with Crippen molar-refractivity contribution in [2.24, 2.45) is 5.92 Å². The van der Waals surface area contributed by atoms with Gasteiger partial charge in [0.1, 0.15) is 0 Å². The molecule has 1 aliphatic carbocycles. The topological polar surface area (TPSA) is 35.8 Å². The van der Waals surface area contributed by atoms with E-state index in [1.54, 1.807) is 11.8 Å². The van der Waals surface area contributed by atoms with Crippen molar-refractivity contribution < 1.29 is 0 Å². The molecule has 1 saturated carbocycles. The largest absolute Gasteiger partial charge is 0.381 e. The molecule has 3 heteroatoms. The van der Waals surface area contributed by atoms with E-state index in [4.69, 9.17) is 5.26 Å². The molecule has 2 rings (SSSR count). The first-order chi connectivity index (χ1) is 7.83. The van der Waals surface area contributed by atoms with E-state index in [0.29, 0.717) is 6.04 Å². The third kappa shape index (κ3) is 2.51. The number of thioether (sulfide) groups is 1. The fourth-order valence-corrected chi connectivity index (χ4v) is 2.60. The number of hydrogen-bond donors (Lipinski definition) is 1. The van der Waals surface area contributed by atoms with E-state index in [9.17, 15) is 0 Å². The van der Waals surface area contributed by atoms with Crippen molar-refractivity contribution in [3.63, 3.8) is 0 Å². The highest BCUT2D eigenvalue weighted by molar-refractivity contribution is 7.98. The molecule has 0 amide bonds. The number of hydrogen-bond acceptors (Lipinski definition) is 3. The Bertz CT molecular complexity index is 380. The van der Waals surface area contributed by atoms with Gasteiger partial charge in [-0.05, 0) is 49.8 Å². The second kappa shape index (κ2) is 5.27. The smallest absolute Gasteiger partial charge is 0.0677 e. The average Bonchev–Trinajstić information content (AvgIpc) is 2.77. The van der Waals surface area contributed by atoms with Crippen LogP contribution in [0.25, 0.3) is 0 Å². The molecule has 0 spiro atoms. The molecule has 1 fully saturated rings. The number of nitrogens with one attached hydrogen (secondary N) is 1. The summed E-state index contributed by atoms with van der Waals surface area (Å²) >= 11 is 1.75. The summed E-state index contributed by atoms with van der Waals surface area (Å²) in [5, 5.41) is 12.5. The summed E-state index contributed by atoms with van der Waals surface area (Å²) in [4.78, 5) is 1.27. The average molecular weight is 232 g/mol. The highest BCUT2D eigenvalue weighted by Crippen LogP contribution is 2.28. The first-order valence-electron chi connectivity index (χ1n) is 5.63. The summed E-state index contributed by atoms with van der Waals surface area (Å²) in [6.45, 7) is 0. The third-order valence-electron chi connectivity index (χ3n) is 3.12. The Labute approximate surface area is 101 Å². The summed E-state index contributed by atoms with van der Waals surface area (Å²) < 4.78 is 0. The molecular weight excluding hydrogens is 216 g/mol. The van der Waals surface area contributed by atoms with Gasteiger partial charge in [0.25, 0.3) is 0 Å². The lowest BCUT2D eigenvalue weighted by Crippen LogP contribution is -2.22. The first-order valence-corrected chi connectivity index (χ1v) is 6.86. The van der Waals surface area contributed by atoms with Crippen molar-refractivity contribution in [3.8, 4) is 6.07 Å². The summed E-state index contributed by atoms with van der Waals surface area (Å²) in [7, 11) is 0. The van der Waals surface area contributed by atoms with Crippen LogP contribution >= 0.6 is 11.8 Å². The monoisotopic (exact) mass is 232 g/mol. The van der Waals surface area contributed by atoms with Gasteiger partial charge in [0, 0.05) is 16.6 Å². The van der Waals surface area contributed by atoms with Crippen molar-refractivity contribution in [1.82, 2.24) is 0 Å². The predicted octanol–water partition coefficient (Wildman–Crippen LogP) is 3.51. The Kier molecular flexibility index (Phi) is 3.74. The minimum Gasteiger partial charge on any atom is -0.381 e. The lowest BCUT2D eigenvalue weighted by molar-refractivity contribution is 0.630. The maximum absolute atomic E-state index is 9.00. The van der Waals surface area contributed by atoms with Gasteiger partial charge in [-0.3, -0.25) is 0 Å². The van der Waals surface area contributed by atoms with Crippen molar-refractivity contribution >= 4 is 17.4 Å². The Morgan fingerprint density at radius 3 is 2.69 bits per heavy atom. The lowest BCUT2D eigenvalue weighted by Gasteiger charge is -2.17. The molecule has 2 unspecified atom stereocenters. The second-order valence-electron chi connectivity index (χ2n) is 4.15. The molecule has 0 aliphatic heterocycles. The van der Waals surface area contributed by atoms with Crippen molar-refractivity contribution in [3.05, 3.63) is 24.3 Å². The third-order valence-corrected chi connectivity index (χ3v) is 3.87. The van der Waals surface area contributed by atoms with Crippen LogP contribution in [0.15, 0.2) is 29.2 Å². The maximum atomic E-state index is 9.00. The van der Waals surface area contributed by atoms with Crippen LogP contribution in [-0.2, 0) is 0 Å². The van der Waals surface area contributed by atoms with Gasteiger partial charge in [0.05, 0.1) is 12.0 Å². The van der Waals surface area contributed by atoms with Gasteiger partial charge in [0.15, 0.2) is 0 Å². The van der Waals surface area contributed by atoms with Gasteiger partial charge >= 0.3 is 0 Å². The van der Waals surface area contributed by atoms with Gasteiger partial charge in [-0.25, -0.2) is 0 Å². The SMILES string of the molecule is CSc1ccc(NC2CCCC2C#N)cc1. The Morgan fingerprint density at radius 1 is 1.31 bits per heavy atom. The summed E-state index contributed by atoms with van der Waals surface area (Å²) in [6.07, 6.45) is 5.39. The van der Waals surface area contributed by atoms with E-state index in [2.05, 4.69) is 41.9 Å². The molecule has 0 bridgehead atoms. The molecule has 1 aromatic rings. The molecule has 0 radical (unpaired) electrons. The molecule has 0 aromatic heterocycles. The highest BCUT2D eigenvalue weighted by atomic mass is 32.2. The van der Waals surface area contributed by atoms with Gasteiger partial charge < -0.3 is 5.32 Å². The maximum Gasteiger partial charge on any atom is 0.0677 e. The fraction of sp³-hybridized carbons (Fsp3) is 0.462. The first kappa shape index (κ1) is 11.3. The Hall–Kier alpha value is -1.14. The van der Waals surface area contributed by atoms with Crippen LogP contribution in [-0.4, -0.2) is 12.3 Å². The van der Waals surface area contributed by atoms with Crippen LogP contribution in [0.4, 0.5) is 5.69 Å². The van der Waals surface area contributed by atoms with E-state index in [0.717, 1.165) is 18.5 Å². The standard InChI is InChI=1S/C13H16N2S/c1-16-12-7-5-11(6-8-12)15-13-4-2-3-10(13)9-14/h5-8,10,13,15H,2-4H2,1H3. The number of nitrogens with zero attached hydrogens (tertiary/aromatic N) is 1. The fourth-order valence-electron chi connectivity index (χ4n) is 2.19. The van der Waals surface area contributed by atoms with E-state index in [1.807, 2.05) is 0 Å². The van der Waals surface area contributed by atoms with Crippen molar-refractivity contribution in [2.75, 3.05) is 11.6 Å². The van der Waals surface area contributed by atoms with Crippen LogP contribution in [0, 0.1) is 17.2 Å². The molecule has 1 aromatic carbocycles. The van der Waals surface area contributed by atoms with Crippen molar-refractivity contribution in [2.45, 2.75) is 30.2 Å². The molecule has 84 valence electrons. The van der Waals surface area contributed by atoms with Crippen LogP contribution in [0.5, 0.6) is 0 Å². The number of nitriles is 1. The minimum absolute atomic E-state index is 0.181. The summed E-state index contributed by atoms with van der Waals surface area (Å²) in [5.41, 5.74) is 1.13. The second-order valence-corrected chi connectivity index (χ2v) is 5.03. The van der Waals surface area contributed by atoms with Gasteiger partial charge in [-0.2, -0.15) is 5.26 Å². The molecule has 1 aliphatic rings. The van der Waals surface area contributed by atoms with Gasteiger partial charge in [0.2, 0.25) is 0 Å². The number of benzene rings is 1. The molecular formula is C13H16N2S. The Balaban J connectivity index is 2.01. The van der Waals surface area contributed by atoms with Crippen LogP contribution < -0.4 is 5.32 Å². The number of rotatable bonds is 3. The molecule has 2 nitrogen and oxygen atoms in total. The van der Waals surface area contributed by atoms with E-state index < -0.39 is 0 Å². The van der Waals surface area contributed by atoms with E-state index >= 15 is 0 Å². The zero-order valence-electron chi connectivity index (χ0n) is 9.44. The highest BCUT2D eigenvalue weighted by Gasteiger charge is 2.26. The van der Waals surface area contributed by atoms with Gasteiger partial charge in [-0.1, -0.05) is 0 Å². The predicted molar refractivity (Wildman–Crippen MR) is 68.6 cm³/mol. The lowest BCUT2D eigenvalue weighted by atomic mass is 10.1. The van der Waals surface area contributed by atoms with Gasteiger partial charge in [-0.15, -0.1) is 11.8 Å². The molecule has 16 heavy (non-hydrogen) atoms. The molecule has 2 atom stereocenters. The van der Waals surface area contributed by atoms with E-state index in [-0.39, 0.29) is 5.92 Å². The van der Waals surface area contributed by atoms with Crippen LogP contribution in [0.3, 0.4) is 0 Å². The summed E-state index contributed by atoms with van der Waals surface area (Å²) in [5.74, 6) is 0.181. The molecule has 0 heterocycles. The van der Waals surface area contributed by atoms with Crippen LogP contribution in [0.2, 0.25) is 0 Å². The number of anilines is 1. The zero-order valence-corrected chi connectivity index (χ0v) is 10.3.